The Morgan fingerprint density at radius 3 is 2.40 bits per heavy atom. The summed E-state index contributed by atoms with van der Waals surface area (Å²) >= 11 is 0. The van der Waals surface area contributed by atoms with Gasteiger partial charge in [0.2, 0.25) is 0 Å². The van der Waals surface area contributed by atoms with Crippen LogP contribution in [0.1, 0.15) is 56.0 Å². The minimum atomic E-state index is -3.88. The standard InChI is InChI=1S/C35H47N3O6S/c1-26-22-38(27(2)25-39)35(40)32-21-30(36-45(41,42)31-16-9-6-10-17-31)18-19-33(32)44-28(3)13-11-12-20-43-34(26)24-37(4)23-29-14-7-5-8-15-29/h5-10,14-19,21,26-28,34,36,39H,11-13,20,22-25H2,1-4H3/t26-,27+,28-,34+/m0/s1. The summed E-state index contributed by atoms with van der Waals surface area (Å²) < 4.78 is 41.5. The van der Waals surface area contributed by atoms with Crippen LogP contribution in [0.4, 0.5) is 5.69 Å². The Hall–Kier alpha value is -3.44. The summed E-state index contributed by atoms with van der Waals surface area (Å²) in [5, 5.41) is 10.2. The maximum absolute atomic E-state index is 14.3. The van der Waals surface area contributed by atoms with Gasteiger partial charge in [0.1, 0.15) is 5.75 Å². The molecule has 0 radical (unpaired) electrons. The van der Waals surface area contributed by atoms with E-state index in [-0.39, 0.29) is 46.8 Å². The van der Waals surface area contributed by atoms with E-state index in [0.29, 0.717) is 25.4 Å². The number of aliphatic hydroxyl groups is 1. The molecule has 244 valence electrons. The fraction of sp³-hybridized carbons (Fsp3) is 0.457. The Kier molecular flexibility index (Phi) is 12.4. The van der Waals surface area contributed by atoms with Crippen molar-refractivity contribution in [1.82, 2.24) is 9.80 Å². The normalized spacial score (nSPS) is 21.0. The number of benzene rings is 3. The van der Waals surface area contributed by atoms with Crippen molar-refractivity contribution in [2.24, 2.45) is 5.92 Å². The van der Waals surface area contributed by atoms with Crippen LogP contribution < -0.4 is 9.46 Å². The number of ether oxygens (including phenoxy) is 2. The van der Waals surface area contributed by atoms with E-state index in [1.165, 1.54) is 23.8 Å². The van der Waals surface area contributed by atoms with Gasteiger partial charge in [0.15, 0.2) is 0 Å². The molecule has 0 bridgehead atoms. The molecule has 3 aromatic carbocycles. The van der Waals surface area contributed by atoms with Crippen LogP contribution in [0.3, 0.4) is 0 Å². The van der Waals surface area contributed by atoms with Gasteiger partial charge >= 0.3 is 0 Å². The summed E-state index contributed by atoms with van der Waals surface area (Å²) in [5.41, 5.74) is 1.69. The Labute approximate surface area is 268 Å². The van der Waals surface area contributed by atoms with E-state index in [9.17, 15) is 18.3 Å². The van der Waals surface area contributed by atoms with Crippen molar-refractivity contribution < 1.29 is 27.8 Å². The first-order valence-corrected chi connectivity index (χ1v) is 17.2. The van der Waals surface area contributed by atoms with Crippen LogP contribution in [0.25, 0.3) is 0 Å². The monoisotopic (exact) mass is 637 g/mol. The second kappa shape index (κ2) is 16.2. The van der Waals surface area contributed by atoms with Crippen molar-refractivity contribution in [3.63, 3.8) is 0 Å². The zero-order valence-electron chi connectivity index (χ0n) is 26.8. The molecule has 0 spiro atoms. The van der Waals surface area contributed by atoms with Gasteiger partial charge in [-0.15, -0.1) is 0 Å². The van der Waals surface area contributed by atoms with Crippen molar-refractivity contribution in [1.29, 1.82) is 0 Å². The average Bonchev–Trinajstić information content (AvgIpc) is 3.03. The first-order valence-electron chi connectivity index (χ1n) is 15.7. The van der Waals surface area contributed by atoms with E-state index >= 15 is 0 Å². The lowest BCUT2D eigenvalue weighted by molar-refractivity contribution is -0.0177. The molecule has 0 saturated heterocycles. The fourth-order valence-electron chi connectivity index (χ4n) is 5.53. The van der Waals surface area contributed by atoms with E-state index in [4.69, 9.17) is 9.47 Å². The van der Waals surface area contributed by atoms with Crippen LogP contribution in [0.5, 0.6) is 5.75 Å². The van der Waals surface area contributed by atoms with Gasteiger partial charge in [-0.1, -0.05) is 55.5 Å². The Balaban J connectivity index is 1.64. The van der Waals surface area contributed by atoms with E-state index in [2.05, 4.69) is 35.7 Å². The number of likely N-dealkylation sites (N-methyl/N-ethyl adjacent to an activating group) is 1. The van der Waals surface area contributed by atoms with Gasteiger partial charge in [-0.25, -0.2) is 8.42 Å². The molecule has 1 aliphatic heterocycles. The van der Waals surface area contributed by atoms with Gasteiger partial charge in [0.05, 0.1) is 35.3 Å². The highest BCUT2D eigenvalue weighted by Gasteiger charge is 2.30. The molecule has 0 aromatic heterocycles. The predicted octanol–water partition coefficient (Wildman–Crippen LogP) is 5.41. The van der Waals surface area contributed by atoms with Crippen LogP contribution in [0.2, 0.25) is 0 Å². The number of carbonyl (C=O) groups is 1. The molecule has 4 rings (SSSR count). The summed E-state index contributed by atoms with van der Waals surface area (Å²) in [6.45, 7) is 7.98. The number of carbonyl (C=O) groups excluding carboxylic acids is 1. The Morgan fingerprint density at radius 1 is 1.02 bits per heavy atom. The second-order valence-electron chi connectivity index (χ2n) is 12.1. The Morgan fingerprint density at radius 2 is 1.71 bits per heavy atom. The SMILES string of the molecule is C[C@H](CO)N1C[C@H](C)[C@@H](CN(C)Cc2ccccc2)OCCCC[C@H](C)Oc2ccc(NS(=O)(=O)c3ccccc3)cc2C1=O. The molecule has 1 aliphatic rings. The third-order valence-corrected chi connectivity index (χ3v) is 9.54. The number of nitrogens with zero attached hydrogens (tertiary/aromatic N) is 2. The lowest BCUT2D eigenvalue weighted by Crippen LogP contribution is -2.47. The molecule has 4 atom stereocenters. The number of fused-ring (bicyclic) bond motifs is 1. The number of hydrogen-bond donors (Lipinski definition) is 2. The molecule has 1 heterocycles. The van der Waals surface area contributed by atoms with E-state index < -0.39 is 16.1 Å². The fourth-order valence-corrected chi connectivity index (χ4v) is 6.60. The van der Waals surface area contributed by atoms with Crippen molar-refractivity contribution >= 4 is 21.6 Å². The third-order valence-electron chi connectivity index (χ3n) is 8.14. The van der Waals surface area contributed by atoms with Gasteiger partial charge in [0.25, 0.3) is 15.9 Å². The quantitative estimate of drug-likeness (QED) is 0.323. The first kappa shape index (κ1) is 34.4. The molecule has 0 saturated carbocycles. The summed E-state index contributed by atoms with van der Waals surface area (Å²) in [6.07, 6.45) is 2.21. The molecule has 0 unspecified atom stereocenters. The third kappa shape index (κ3) is 9.77. The smallest absolute Gasteiger partial charge is 0.261 e. The van der Waals surface area contributed by atoms with E-state index in [0.717, 1.165) is 25.8 Å². The van der Waals surface area contributed by atoms with Crippen LogP contribution in [0, 0.1) is 5.92 Å². The molecular weight excluding hydrogens is 590 g/mol. The number of rotatable bonds is 9. The molecule has 3 aromatic rings. The molecular formula is C35H47N3O6S. The minimum Gasteiger partial charge on any atom is -0.490 e. The van der Waals surface area contributed by atoms with Crippen molar-refractivity contribution in [3.05, 3.63) is 90.0 Å². The molecule has 1 amide bonds. The molecule has 2 N–H and O–H groups in total. The molecule has 0 fully saturated rings. The zero-order valence-corrected chi connectivity index (χ0v) is 27.6. The molecule has 0 aliphatic carbocycles. The number of sulfonamides is 1. The maximum atomic E-state index is 14.3. The number of aliphatic hydroxyl groups excluding tert-OH is 1. The van der Waals surface area contributed by atoms with Gasteiger partial charge < -0.3 is 19.5 Å². The summed E-state index contributed by atoms with van der Waals surface area (Å²) in [4.78, 5) is 18.3. The summed E-state index contributed by atoms with van der Waals surface area (Å²) in [7, 11) is -1.81. The van der Waals surface area contributed by atoms with Gasteiger partial charge in [0, 0.05) is 37.8 Å². The van der Waals surface area contributed by atoms with Crippen molar-refractivity contribution in [2.75, 3.05) is 38.1 Å². The number of anilines is 1. The van der Waals surface area contributed by atoms with Crippen LogP contribution in [-0.2, 0) is 21.3 Å². The minimum absolute atomic E-state index is 0.0628. The van der Waals surface area contributed by atoms with E-state index in [1.807, 2.05) is 25.1 Å². The summed E-state index contributed by atoms with van der Waals surface area (Å²) in [6, 6.07) is 22.6. The van der Waals surface area contributed by atoms with Gasteiger partial charge in [-0.3, -0.25) is 14.4 Å². The highest BCUT2D eigenvalue weighted by atomic mass is 32.2. The van der Waals surface area contributed by atoms with Crippen molar-refractivity contribution in [3.8, 4) is 5.75 Å². The topological polar surface area (TPSA) is 108 Å². The summed E-state index contributed by atoms with van der Waals surface area (Å²) in [5.74, 6) is -0.0302. The number of amides is 1. The van der Waals surface area contributed by atoms with E-state index in [1.54, 1.807) is 42.2 Å². The first-order chi connectivity index (χ1) is 21.6. The van der Waals surface area contributed by atoms with Gasteiger partial charge in [-0.2, -0.15) is 0 Å². The van der Waals surface area contributed by atoms with Crippen molar-refractivity contribution in [2.45, 2.75) is 69.7 Å². The van der Waals surface area contributed by atoms with Crippen LogP contribution in [-0.4, -0.2) is 80.8 Å². The lowest BCUT2D eigenvalue weighted by atomic mass is 10.0. The molecule has 10 heteroatoms. The van der Waals surface area contributed by atoms with Crippen LogP contribution in [0.15, 0.2) is 83.8 Å². The van der Waals surface area contributed by atoms with Gasteiger partial charge in [-0.05, 0) is 76.1 Å². The highest BCUT2D eigenvalue weighted by molar-refractivity contribution is 7.92. The maximum Gasteiger partial charge on any atom is 0.261 e. The Bertz CT molecular complexity index is 1470. The largest absolute Gasteiger partial charge is 0.490 e. The average molecular weight is 638 g/mol. The number of nitrogens with one attached hydrogen (secondary N) is 1. The predicted molar refractivity (Wildman–Crippen MR) is 177 cm³/mol. The second-order valence-corrected chi connectivity index (χ2v) is 13.8. The lowest BCUT2D eigenvalue weighted by Gasteiger charge is -2.36. The zero-order chi connectivity index (χ0) is 32.4. The molecule has 45 heavy (non-hydrogen) atoms. The van der Waals surface area contributed by atoms with Crippen LogP contribution >= 0.6 is 0 Å². The highest BCUT2D eigenvalue weighted by Crippen LogP contribution is 2.29. The number of hydrogen-bond acceptors (Lipinski definition) is 7. The molecule has 9 nitrogen and oxygen atoms in total.